The summed E-state index contributed by atoms with van der Waals surface area (Å²) in [5.74, 6) is 4.97. The van der Waals surface area contributed by atoms with Gasteiger partial charge in [0.05, 0.1) is 6.10 Å². The number of Topliss-reactive ketones (excluding diaryl/α,β-unsaturated/α-hetero) is 1. The molecule has 0 aromatic rings. The van der Waals surface area contributed by atoms with Crippen molar-refractivity contribution in [1.29, 1.82) is 0 Å². The first-order valence-electron chi connectivity index (χ1n) is 5.52. The normalized spacial score (nSPS) is 79.8. The molecule has 5 fully saturated rings. The van der Waals surface area contributed by atoms with Crippen LogP contribution in [0.15, 0.2) is 0 Å². The van der Waals surface area contributed by atoms with E-state index in [1.54, 1.807) is 0 Å². The molecule has 0 radical (unpaired) electrons. The number of carbonyl (C=O) groups excluding carboxylic acids is 1. The number of hydrogen-bond donors (Lipinski definition) is 1. The molecule has 2 heteroatoms. The van der Waals surface area contributed by atoms with Gasteiger partial charge in [0.25, 0.3) is 0 Å². The van der Waals surface area contributed by atoms with Crippen LogP contribution in [0.25, 0.3) is 0 Å². The highest BCUT2D eigenvalue weighted by molar-refractivity contribution is 5.91. The maximum absolute atomic E-state index is 11.9. The highest BCUT2D eigenvalue weighted by Gasteiger charge is 2.83. The van der Waals surface area contributed by atoms with Crippen LogP contribution in [-0.2, 0) is 4.79 Å². The molecule has 5 saturated carbocycles. The van der Waals surface area contributed by atoms with Crippen molar-refractivity contribution in [3.63, 3.8) is 0 Å². The van der Waals surface area contributed by atoms with Crippen LogP contribution in [0.2, 0.25) is 0 Å². The lowest BCUT2D eigenvalue weighted by atomic mass is 9.59. The zero-order valence-electron chi connectivity index (χ0n) is 7.26. The Hall–Kier alpha value is -0.370. The summed E-state index contributed by atoms with van der Waals surface area (Å²) in [5, 5.41) is 10.1. The van der Waals surface area contributed by atoms with Gasteiger partial charge in [0.2, 0.25) is 0 Å². The summed E-state index contributed by atoms with van der Waals surface area (Å²) in [6.45, 7) is 0. The molecule has 9 atom stereocenters. The molecule has 5 aliphatic carbocycles. The second-order valence-electron chi connectivity index (χ2n) is 5.82. The number of hydrogen-bond acceptors (Lipinski definition) is 2. The van der Waals surface area contributed by atoms with E-state index in [1.807, 2.05) is 0 Å². The van der Waals surface area contributed by atoms with Crippen molar-refractivity contribution in [2.24, 2.45) is 47.3 Å². The minimum Gasteiger partial charge on any atom is -0.392 e. The van der Waals surface area contributed by atoms with Gasteiger partial charge in [-0.25, -0.2) is 0 Å². The van der Waals surface area contributed by atoms with Gasteiger partial charge in [-0.2, -0.15) is 0 Å². The van der Waals surface area contributed by atoms with Crippen molar-refractivity contribution < 1.29 is 9.90 Å². The fourth-order valence-corrected chi connectivity index (χ4v) is 6.11. The smallest absolute Gasteiger partial charge is 0.140 e. The first kappa shape index (κ1) is 6.18. The zero-order chi connectivity index (χ0) is 8.48. The van der Waals surface area contributed by atoms with Crippen molar-refractivity contribution in [1.82, 2.24) is 0 Å². The van der Waals surface area contributed by atoms with Crippen LogP contribution in [0.3, 0.4) is 0 Å². The predicted octanol–water partition coefficient (Wildman–Crippen LogP) is 0.304. The van der Waals surface area contributed by atoms with E-state index < -0.39 is 0 Å². The van der Waals surface area contributed by atoms with Gasteiger partial charge in [0.15, 0.2) is 0 Å². The molecule has 5 rings (SSSR count). The Labute approximate surface area is 76.3 Å². The zero-order valence-corrected chi connectivity index (χ0v) is 7.26. The third-order valence-electron chi connectivity index (χ3n) is 6.07. The number of aliphatic hydroxyl groups is 1. The van der Waals surface area contributed by atoms with E-state index in [0.29, 0.717) is 35.4 Å². The molecule has 0 heterocycles. The minimum atomic E-state index is -0.0913. The molecular formula is C11H12O2. The molecule has 0 amide bonds. The van der Waals surface area contributed by atoms with Crippen LogP contribution in [0.1, 0.15) is 6.42 Å². The number of fused-ring (bicyclic) bond motifs is 2. The molecule has 2 bridgehead atoms. The molecule has 5 aliphatic rings. The molecule has 0 aromatic carbocycles. The van der Waals surface area contributed by atoms with Gasteiger partial charge in [0, 0.05) is 11.8 Å². The van der Waals surface area contributed by atoms with Crippen LogP contribution in [0, 0.1) is 47.3 Å². The maximum Gasteiger partial charge on any atom is 0.140 e. The number of ketones is 1. The van der Waals surface area contributed by atoms with Crippen LogP contribution in [-0.4, -0.2) is 17.0 Å². The SMILES string of the molecule is O=C1[C@@H]2[C@H]3[C@@H](O)[C@H]4[C@@H]5C[C@H]([C@@H]14)[C@H]2[C@@H]53. The Morgan fingerprint density at radius 1 is 1.00 bits per heavy atom. The number of carbonyl (C=O) groups is 1. The molecule has 0 aliphatic heterocycles. The van der Waals surface area contributed by atoms with Crippen molar-refractivity contribution in [2.75, 3.05) is 0 Å². The Kier molecular flexibility index (Phi) is 0.666. The topological polar surface area (TPSA) is 37.3 Å². The first-order valence-corrected chi connectivity index (χ1v) is 5.52. The highest BCUT2D eigenvalue weighted by Crippen LogP contribution is 2.81. The minimum absolute atomic E-state index is 0.0913. The van der Waals surface area contributed by atoms with Gasteiger partial charge in [-0.05, 0) is 41.9 Å². The number of aliphatic hydroxyl groups excluding tert-OH is 1. The molecule has 1 N–H and O–H groups in total. The molecular weight excluding hydrogens is 164 g/mol. The molecule has 0 spiro atoms. The fourth-order valence-electron chi connectivity index (χ4n) is 6.11. The summed E-state index contributed by atoms with van der Waals surface area (Å²) in [7, 11) is 0. The lowest BCUT2D eigenvalue weighted by molar-refractivity contribution is -0.141. The molecule has 2 nitrogen and oxygen atoms in total. The van der Waals surface area contributed by atoms with Crippen molar-refractivity contribution in [2.45, 2.75) is 12.5 Å². The van der Waals surface area contributed by atoms with Crippen LogP contribution >= 0.6 is 0 Å². The summed E-state index contributed by atoms with van der Waals surface area (Å²) in [6, 6.07) is 0. The quantitative estimate of drug-likeness (QED) is 0.576. The Balaban J connectivity index is 1.87. The molecule has 13 heavy (non-hydrogen) atoms. The maximum atomic E-state index is 11.9. The monoisotopic (exact) mass is 176 g/mol. The Morgan fingerprint density at radius 3 is 2.69 bits per heavy atom. The summed E-state index contributed by atoms with van der Waals surface area (Å²) in [4.78, 5) is 11.9. The standard InChI is InChI=1S/C11H12O2/c12-10-6-2-1-3-5-4(2)8(10)9(5)11(13)7(3)6/h2-10,12H,1H2/t2-,3+,4-,5+,6+,7-,8+,9+,10+/m1/s1. The van der Waals surface area contributed by atoms with Gasteiger partial charge in [-0.15, -0.1) is 0 Å². The summed E-state index contributed by atoms with van der Waals surface area (Å²) in [5.41, 5.74) is 0. The largest absolute Gasteiger partial charge is 0.392 e. The van der Waals surface area contributed by atoms with Crippen molar-refractivity contribution in [3.8, 4) is 0 Å². The second kappa shape index (κ2) is 1.40. The Bertz CT molecular complexity index is 350. The van der Waals surface area contributed by atoms with Gasteiger partial charge >= 0.3 is 0 Å². The van der Waals surface area contributed by atoms with Crippen molar-refractivity contribution >= 4 is 5.78 Å². The van der Waals surface area contributed by atoms with Gasteiger partial charge in [-0.3, -0.25) is 4.79 Å². The van der Waals surface area contributed by atoms with E-state index in [0.717, 1.165) is 17.8 Å². The molecule has 0 unspecified atom stereocenters. The third kappa shape index (κ3) is 0.349. The summed E-state index contributed by atoms with van der Waals surface area (Å²) in [6.07, 6.45) is 1.19. The Morgan fingerprint density at radius 2 is 1.85 bits per heavy atom. The van der Waals surface area contributed by atoms with E-state index in [9.17, 15) is 9.90 Å². The van der Waals surface area contributed by atoms with Crippen LogP contribution in [0.4, 0.5) is 0 Å². The van der Waals surface area contributed by atoms with E-state index >= 15 is 0 Å². The van der Waals surface area contributed by atoms with Crippen molar-refractivity contribution in [3.05, 3.63) is 0 Å². The molecule has 68 valence electrons. The van der Waals surface area contributed by atoms with Crippen LogP contribution < -0.4 is 0 Å². The average Bonchev–Trinajstić information content (AvgIpc) is 2.52. The second-order valence-corrected chi connectivity index (χ2v) is 5.82. The van der Waals surface area contributed by atoms with Gasteiger partial charge in [-0.1, -0.05) is 0 Å². The highest BCUT2D eigenvalue weighted by atomic mass is 16.3. The third-order valence-corrected chi connectivity index (χ3v) is 6.07. The summed E-state index contributed by atoms with van der Waals surface area (Å²) < 4.78 is 0. The predicted molar refractivity (Wildman–Crippen MR) is 43.6 cm³/mol. The lowest BCUT2D eigenvalue weighted by Crippen LogP contribution is -2.49. The average molecular weight is 176 g/mol. The fraction of sp³-hybridized carbons (Fsp3) is 0.909. The van der Waals surface area contributed by atoms with E-state index in [4.69, 9.17) is 0 Å². The lowest BCUT2D eigenvalue weighted by Gasteiger charge is -2.45. The van der Waals surface area contributed by atoms with E-state index in [2.05, 4.69) is 0 Å². The van der Waals surface area contributed by atoms with E-state index in [-0.39, 0.29) is 6.10 Å². The number of rotatable bonds is 0. The first-order chi connectivity index (χ1) is 6.30. The van der Waals surface area contributed by atoms with Gasteiger partial charge < -0.3 is 5.11 Å². The van der Waals surface area contributed by atoms with E-state index in [1.165, 1.54) is 6.42 Å². The van der Waals surface area contributed by atoms with Crippen LogP contribution in [0.5, 0.6) is 0 Å². The molecule has 0 saturated heterocycles. The molecule has 0 aromatic heterocycles. The summed E-state index contributed by atoms with van der Waals surface area (Å²) >= 11 is 0. The van der Waals surface area contributed by atoms with Gasteiger partial charge in [0.1, 0.15) is 5.78 Å².